The van der Waals surface area contributed by atoms with Gasteiger partial charge >= 0.3 is 0 Å². The van der Waals surface area contributed by atoms with Crippen LogP contribution in [-0.2, 0) is 14.8 Å². The molecule has 1 aromatic carbocycles. The van der Waals surface area contributed by atoms with Crippen LogP contribution in [0.1, 0.15) is 39.5 Å². The number of hydrogen-bond donors (Lipinski definition) is 3. The third-order valence-corrected chi connectivity index (χ3v) is 5.89. The third kappa shape index (κ3) is 5.41. The van der Waals surface area contributed by atoms with Gasteiger partial charge in [0.1, 0.15) is 0 Å². The summed E-state index contributed by atoms with van der Waals surface area (Å²) in [6, 6.07) is 6.32. The van der Waals surface area contributed by atoms with Crippen molar-refractivity contribution in [2.24, 2.45) is 17.1 Å². The van der Waals surface area contributed by atoms with Crippen LogP contribution in [0, 0.1) is 11.3 Å². The van der Waals surface area contributed by atoms with Crippen LogP contribution in [0.5, 0.6) is 0 Å². The molecule has 0 radical (unpaired) electrons. The number of rotatable bonds is 8. The molecule has 2 rings (SSSR count). The number of nitrogens with two attached hydrogens (primary N) is 1. The fourth-order valence-electron chi connectivity index (χ4n) is 3.19. The Kier molecular flexibility index (Phi) is 7.87. The van der Waals surface area contributed by atoms with Crippen LogP contribution >= 0.6 is 12.4 Å². The number of benzene rings is 1. The lowest BCUT2D eigenvalue weighted by Gasteiger charge is -2.41. The normalized spacial score (nSPS) is 16.0. The van der Waals surface area contributed by atoms with Crippen molar-refractivity contribution in [2.45, 2.75) is 44.4 Å². The minimum atomic E-state index is -3.61. The average Bonchev–Trinajstić information content (AvgIpc) is 2.49. The summed E-state index contributed by atoms with van der Waals surface area (Å²) in [5.41, 5.74) is 5.54. The van der Waals surface area contributed by atoms with E-state index in [9.17, 15) is 13.2 Å². The van der Waals surface area contributed by atoms with Crippen molar-refractivity contribution in [3.05, 3.63) is 24.3 Å². The van der Waals surface area contributed by atoms with Crippen LogP contribution in [0.25, 0.3) is 0 Å². The van der Waals surface area contributed by atoms with Crippen molar-refractivity contribution in [3.63, 3.8) is 0 Å². The first-order chi connectivity index (χ1) is 11.3. The van der Waals surface area contributed by atoms with Gasteiger partial charge in [0.2, 0.25) is 15.9 Å². The topological polar surface area (TPSA) is 101 Å². The molecule has 0 heterocycles. The summed E-state index contributed by atoms with van der Waals surface area (Å²) >= 11 is 0. The molecule has 1 aliphatic rings. The molecule has 0 bridgehead atoms. The quantitative estimate of drug-likeness (QED) is 0.635. The number of carbonyl (C=O) groups is 1. The van der Waals surface area contributed by atoms with Gasteiger partial charge in [-0.25, -0.2) is 13.1 Å². The van der Waals surface area contributed by atoms with Gasteiger partial charge in [-0.15, -0.1) is 12.4 Å². The van der Waals surface area contributed by atoms with Crippen LogP contribution in [0.4, 0.5) is 5.69 Å². The van der Waals surface area contributed by atoms with Gasteiger partial charge in [-0.3, -0.25) is 4.79 Å². The lowest BCUT2D eigenvalue weighted by molar-refractivity contribution is -0.131. The number of sulfonamides is 1. The zero-order chi connectivity index (χ0) is 17.8. The number of anilines is 1. The highest BCUT2D eigenvalue weighted by atomic mass is 35.5. The molecule has 1 aromatic rings. The maximum absolute atomic E-state index is 12.7. The van der Waals surface area contributed by atoms with Gasteiger partial charge < -0.3 is 11.1 Å². The predicted molar refractivity (Wildman–Crippen MR) is 102 cm³/mol. The maximum atomic E-state index is 12.7. The molecule has 142 valence electrons. The average molecular weight is 390 g/mol. The Morgan fingerprint density at radius 3 is 2.52 bits per heavy atom. The van der Waals surface area contributed by atoms with Crippen molar-refractivity contribution in [1.82, 2.24) is 4.72 Å². The molecule has 1 amide bonds. The van der Waals surface area contributed by atoms with Gasteiger partial charge in [-0.2, -0.15) is 0 Å². The molecule has 0 atom stereocenters. The molecule has 8 heteroatoms. The largest absolute Gasteiger partial charge is 0.329 e. The van der Waals surface area contributed by atoms with E-state index in [4.69, 9.17) is 5.73 Å². The fourth-order valence-corrected chi connectivity index (χ4v) is 4.28. The highest BCUT2D eigenvalue weighted by Gasteiger charge is 2.44. The number of carbonyl (C=O) groups excluding carboxylic acids is 1. The zero-order valence-electron chi connectivity index (χ0n) is 14.7. The molecule has 1 aliphatic carbocycles. The van der Waals surface area contributed by atoms with Crippen molar-refractivity contribution in [1.29, 1.82) is 0 Å². The van der Waals surface area contributed by atoms with Crippen molar-refractivity contribution in [3.8, 4) is 0 Å². The summed E-state index contributed by atoms with van der Waals surface area (Å²) in [6.45, 7) is 4.64. The first-order valence-corrected chi connectivity index (χ1v) is 9.89. The fraction of sp³-hybridized carbons (Fsp3) is 0.588. The molecule has 0 saturated heterocycles. The Bertz CT molecular complexity index is 688. The molecule has 1 saturated carbocycles. The lowest BCUT2D eigenvalue weighted by atomic mass is 9.64. The van der Waals surface area contributed by atoms with Crippen LogP contribution in [-0.4, -0.2) is 27.4 Å². The molecule has 6 nitrogen and oxygen atoms in total. The van der Waals surface area contributed by atoms with Crippen molar-refractivity contribution in [2.75, 3.05) is 18.4 Å². The molecule has 0 aliphatic heterocycles. The Labute approximate surface area is 156 Å². The highest BCUT2D eigenvalue weighted by molar-refractivity contribution is 7.89. The molecule has 4 N–H and O–H groups in total. The van der Waals surface area contributed by atoms with Gasteiger partial charge in [0.05, 0.1) is 4.90 Å². The second-order valence-electron chi connectivity index (χ2n) is 6.90. The number of halogens is 1. The predicted octanol–water partition coefficient (Wildman–Crippen LogP) is 2.50. The minimum Gasteiger partial charge on any atom is -0.329 e. The Balaban J connectivity index is 0.00000312. The highest BCUT2D eigenvalue weighted by Crippen LogP contribution is 2.46. The van der Waals surface area contributed by atoms with E-state index < -0.39 is 10.0 Å². The third-order valence-electron chi connectivity index (χ3n) is 4.43. The van der Waals surface area contributed by atoms with Gasteiger partial charge in [0.25, 0.3) is 0 Å². The molecule has 0 spiro atoms. The van der Waals surface area contributed by atoms with Gasteiger partial charge in [-0.1, -0.05) is 26.3 Å². The summed E-state index contributed by atoms with van der Waals surface area (Å²) in [5.74, 6) is 0.440. The number of hydrogen-bond acceptors (Lipinski definition) is 4. The van der Waals surface area contributed by atoms with Crippen molar-refractivity contribution < 1.29 is 13.2 Å². The molecular weight excluding hydrogens is 362 g/mol. The van der Waals surface area contributed by atoms with Crippen LogP contribution < -0.4 is 15.8 Å². The second kappa shape index (κ2) is 8.98. The van der Waals surface area contributed by atoms with Crippen LogP contribution in [0.2, 0.25) is 0 Å². The lowest BCUT2D eigenvalue weighted by Crippen LogP contribution is -2.43. The van der Waals surface area contributed by atoms with Gasteiger partial charge in [-0.05, 0) is 43.4 Å². The van der Waals surface area contributed by atoms with E-state index >= 15 is 0 Å². The number of nitrogens with one attached hydrogen (secondary N) is 2. The Hall–Kier alpha value is -1.15. The van der Waals surface area contributed by atoms with E-state index in [1.54, 1.807) is 12.1 Å². The van der Waals surface area contributed by atoms with E-state index in [1.807, 2.05) is 0 Å². The van der Waals surface area contributed by atoms with Crippen LogP contribution in [0.15, 0.2) is 29.2 Å². The van der Waals surface area contributed by atoms with Crippen molar-refractivity contribution >= 4 is 34.0 Å². The van der Waals surface area contributed by atoms with E-state index in [0.29, 0.717) is 11.6 Å². The summed E-state index contributed by atoms with van der Waals surface area (Å²) in [7, 11) is -3.61. The second-order valence-corrected chi connectivity index (χ2v) is 8.67. The molecule has 1 fully saturated rings. The molecule has 0 unspecified atom stereocenters. The summed E-state index contributed by atoms with van der Waals surface area (Å²) in [4.78, 5) is 12.8. The zero-order valence-corrected chi connectivity index (χ0v) is 16.4. The summed E-state index contributed by atoms with van der Waals surface area (Å²) in [5, 5.41) is 2.90. The van der Waals surface area contributed by atoms with E-state index in [1.165, 1.54) is 12.1 Å². The van der Waals surface area contributed by atoms with E-state index in [2.05, 4.69) is 23.9 Å². The van der Waals surface area contributed by atoms with E-state index in [-0.39, 0.29) is 41.7 Å². The number of amides is 1. The monoisotopic (exact) mass is 389 g/mol. The van der Waals surface area contributed by atoms with Gasteiger partial charge in [0, 0.05) is 24.2 Å². The van der Waals surface area contributed by atoms with Gasteiger partial charge in [0.15, 0.2) is 0 Å². The first kappa shape index (κ1) is 21.9. The smallest absolute Gasteiger partial charge is 0.240 e. The SMILES string of the molecule is CC(C)CC1(C(=O)Nc2cccc(S(=O)(=O)NCCN)c2)CCC1.Cl. The summed E-state index contributed by atoms with van der Waals surface area (Å²) in [6.07, 6.45) is 3.71. The summed E-state index contributed by atoms with van der Waals surface area (Å²) < 4.78 is 26.7. The first-order valence-electron chi connectivity index (χ1n) is 8.40. The minimum absolute atomic E-state index is 0. The van der Waals surface area contributed by atoms with Crippen LogP contribution in [0.3, 0.4) is 0 Å². The Morgan fingerprint density at radius 1 is 1.32 bits per heavy atom. The molecular formula is C17H28ClN3O3S. The molecule has 25 heavy (non-hydrogen) atoms. The van der Waals surface area contributed by atoms with E-state index in [0.717, 1.165) is 25.7 Å². The standard InChI is InChI=1S/C17H27N3O3S.ClH/c1-13(2)12-17(7-4-8-17)16(21)20-14-5-3-6-15(11-14)24(22,23)19-10-9-18;/h3,5-6,11,13,19H,4,7-10,12,18H2,1-2H3,(H,20,21);1H. The maximum Gasteiger partial charge on any atom is 0.240 e. The Morgan fingerprint density at radius 2 is 2.00 bits per heavy atom. The molecule has 0 aromatic heterocycles.